The van der Waals surface area contributed by atoms with Crippen LogP contribution < -0.4 is 19.3 Å². The topological polar surface area (TPSA) is 148 Å². The van der Waals surface area contributed by atoms with Crippen LogP contribution in [0.15, 0.2) is 64.9 Å². The van der Waals surface area contributed by atoms with Crippen molar-refractivity contribution in [1.82, 2.24) is 39.5 Å². The fraction of sp³-hybridized carbons (Fsp3) is 0.606. The minimum absolute atomic E-state index is 0.0374. The molecular weight excluding hydrogens is 1060 g/mol. The lowest BCUT2D eigenvalue weighted by molar-refractivity contribution is -0.130. The second-order valence-electron chi connectivity index (χ2n) is 26.1. The van der Waals surface area contributed by atoms with Crippen molar-refractivity contribution in [2.24, 2.45) is 20.8 Å². The number of nitrogens with zero attached hydrogens (tertiary/aromatic N) is 12. The van der Waals surface area contributed by atoms with Crippen LogP contribution in [-0.4, -0.2) is 181 Å². The van der Waals surface area contributed by atoms with Crippen LogP contribution in [0.25, 0.3) is 0 Å². The van der Waals surface area contributed by atoms with Gasteiger partial charge in [-0.25, -0.2) is 0 Å². The molecule has 17 heteroatoms. The number of rotatable bonds is 16. The number of ether oxygens (including phenoxy) is 2. The predicted molar refractivity (Wildman–Crippen MR) is 331 cm³/mol. The third-order valence-corrected chi connectivity index (χ3v) is 22.0. The van der Waals surface area contributed by atoms with E-state index in [0.717, 1.165) is 126 Å². The van der Waals surface area contributed by atoms with Gasteiger partial charge >= 0.3 is 12.0 Å². The summed E-state index contributed by atoms with van der Waals surface area (Å²) in [6.45, 7) is 22.1. The summed E-state index contributed by atoms with van der Waals surface area (Å²) >= 11 is 1.91. The highest BCUT2D eigenvalue weighted by atomic mass is 32.1. The number of carbonyl (C=O) groups is 2. The molecule has 12 rings (SSSR count). The summed E-state index contributed by atoms with van der Waals surface area (Å²) in [4.78, 5) is 71.5. The molecule has 0 bridgehead atoms. The Balaban J connectivity index is 0.771. The van der Waals surface area contributed by atoms with Crippen molar-refractivity contribution in [3.8, 4) is 12.0 Å². The number of anilines is 2. The maximum atomic E-state index is 13.2. The van der Waals surface area contributed by atoms with Crippen LogP contribution in [0.2, 0.25) is 0 Å². The van der Waals surface area contributed by atoms with Crippen molar-refractivity contribution in [2.45, 2.75) is 165 Å². The monoisotopic (exact) mass is 1140 g/mol. The Kier molecular flexibility index (Phi) is 16.7. The highest BCUT2D eigenvalue weighted by Crippen LogP contribution is 2.51. The number of aryl methyl sites for hydroxylation is 1. The van der Waals surface area contributed by atoms with Crippen molar-refractivity contribution in [3.05, 3.63) is 105 Å². The van der Waals surface area contributed by atoms with Crippen molar-refractivity contribution < 1.29 is 19.1 Å². The van der Waals surface area contributed by atoms with Gasteiger partial charge in [-0.3, -0.25) is 14.5 Å². The Morgan fingerprint density at radius 3 is 1.95 bits per heavy atom. The van der Waals surface area contributed by atoms with Gasteiger partial charge in [-0.15, -0.1) is 11.3 Å². The van der Waals surface area contributed by atoms with Gasteiger partial charge < -0.3 is 44.0 Å². The first-order chi connectivity index (χ1) is 40.3. The lowest BCUT2D eigenvalue weighted by Crippen LogP contribution is -2.59. The number of piperazine rings is 2. The molecule has 1 aromatic carbocycles. The Hall–Kier alpha value is -6.04. The lowest BCUT2D eigenvalue weighted by Gasteiger charge is -2.47. The number of likely N-dealkylation sites (N-methyl/N-ethyl adjacent to an activating group) is 2. The fourth-order valence-electron chi connectivity index (χ4n) is 16.1. The Bertz CT molecular complexity index is 3130. The SMILES string of the molecule is C=CC(=O)N1CC(C)N(c2nc(OCC3CCCN3C)nc3c2CCC2(CCc4c(cccc4C4CC(COc5nc6c(c(N7CC(CCN=C)N(C(=O)C=C)CC7C)n5)CCC5(CCc7ccsc7C5)C6)N(C)C4)C2)C3)CC1CC=NC. The van der Waals surface area contributed by atoms with Gasteiger partial charge in [0.2, 0.25) is 11.8 Å². The van der Waals surface area contributed by atoms with Crippen molar-refractivity contribution in [1.29, 1.82) is 0 Å². The molecule has 7 heterocycles. The number of fused-ring (bicyclic) bond motifs is 4. The van der Waals surface area contributed by atoms with Crippen LogP contribution in [0.3, 0.4) is 0 Å². The standard InChI is InChI=1S/C66H88N12O4S/c1-9-59(79)77-36-43(3)75(39-48(77)20-27-67-5)61-54-18-25-65(33-56(54)69-63(71-61)81-41-50-14-12-29-73(50)7)24-17-53-46(32-65)13-11-15-52(53)47-31-51(74(8)38-47)42-82-64-70-57-34-66(23-16-45-22-30-83-58(45)35-66)26-19-55(57)62(72-64)76-40-49(21-28-68-6)78(37-44(76)4)60(80)10-2/h9-11,13,15,22,27,30,43-44,47-51H,1-2,6,12,14,16-21,23-26,28-29,31-42H2,3-5,7-8H3. The second-order valence-corrected chi connectivity index (χ2v) is 27.1. The smallest absolute Gasteiger partial charge is 0.318 e. The maximum Gasteiger partial charge on any atom is 0.318 e. The average Bonchev–Trinajstić information content (AvgIpc) is 4.47. The van der Waals surface area contributed by atoms with Crippen LogP contribution in [0, 0.1) is 10.8 Å². The van der Waals surface area contributed by atoms with Crippen LogP contribution in [0.1, 0.15) is 127 Å². The fourth-order valence-corrected chi connectivity index (χ4v) is 17.3. The number of carbonyl (C=O) groups excluding carboxylic acids is 2. The van der Waals surface area contributed by atoms with Gasteiger partial charge in [-0.05, 0) is 207 Å². The molecule has 4 aliphatic carbocycles. The molecule has 442 valence electrons. The number of thiophene rings is 1. The zero-order valence-electron chi connectivity index (χ0n) is 50.1. The molecule has 0 N–H and O–H groups in total. The molecule has 16 nitrogen and oxygen atoms in total. The molecule has 83 heavy (non-hydrogen) atoms. The first-order valence-corrected chi connectivity index (χ1v) is 32.0. The van der Waals surface area contributed by atoms with Crippen molar-refractivity contribution in [2.75, 3.05) is 90.0 Å². The number of hydrogen-bond donors (Lipinski definition) is 0. The van der Waals surface area contributed by atoms with E-state index >= 15 is 0 Å². The zero-order valence-corrected chi connectivity index (χ0v) is 50.9. The Morgan fingerprint density at radius 2 is 1.33 bits per heavy atom. The van der Waals surface area contributed by atoms with Crippen molar-refractivity contribution in [3.63, 3.8) is 0 Å². The van der Waals surface area contributed by atoms with Gasteiger partial charge in [0.05, 0.1) is 23.5 Å². The molecule has 4 aliphatic heterocycles. The molecule has 9 unspecified atom stereocenters. The minimum Gasteiger partial charge on any atom is -0.462 e. The average molecular weight is 1150 g/mol. The second kappa shape index (κ2) is 24.1. The van der Waals surface area contributed by atoms with Gasteiger partial charge in [0.1, 0.15) is 24.8 Å². The molecule has 8 aliphatic rings. The van der Waals surface area contributed by atoms with Gasteiger partial charge in [0.15, 0.2) is 0 Å². The van der Waals surface area contributed by atoms with E-state index in [1.165, 1.54) is 52.8 Å². The van der Waals surface area contributed by atoms with Crippen LogP contribution in [-0.2, 0) is 61.0 Å². The lowest BCUT2D eigenvalue weighted by atomic mass is 9.62. The highest BCUT2D eigenvalue weighted by Gasteiger charge is 2.46. The van der Waals surface area contributed by atoms with E-state index in [0.29, 0.717) is 76.3 Å². The summed E-state index contributed by atoms with van der Waals surface area (Å²) in [7, 11) is 6.24. The molecule has 0 radical (unpaired) electrons. The van der Waals surface area contributed by atoms with E-state index in [9.17, 15) is 9.59 Å². The summed E-state index contributed by atoms with van der Waals surface area (Å²) in [5.41, 5.74) is 11.1. The Labute approximate surface area is 496 Å². The first-order valence-electron chi connectivity index (χ1n) is 31.1. The molecule has 2 spiro atoms. The third kappa shape index (κ3) is 11.5. The Morgan fingerprint density at radius 1 is 0.711 bits per heavy atom. The summed E-state index contributed by atoms with van der Waals surface area (Å²) < 4.78 is 13.5. The van der Waals surface area contributed by atoms with Crippen LogP contribution >= 0.6 is 11.3 Å². The number of aromatic nitrogens is 4. The van der Waals surface area contributed by atoms with E-state index in [1.807, 2.05) is 27.4 Å². The molecule has 4 fully saturated rings. The quantitative estimate of drug-likeness (QED) is 0.0785. The number of amides is 2. The van der Waals surface area contributed by atoms with Crippen LogP contribution in [0.4, 0.5) is 11.6 Å². The third-order valence-electron chi connectivity index (χ3n) is 21.0. The number of aliphatic imine (C=N–C) groups is 2. The minimum atomic E-state index is -0.0514. The van der Waals surface area contributed by atoms with Crippen LogP contribution in [0.5, 0.6) is 12.0 Å². The van der Waals surface area contributed by atoms with E-state index < -0.39 is 0 Å². The van der Waals surface area contributed by atoms with Gasteiger partial charge in [0.25, 0.3) is 0 Å². The zero-order chi connectivity index (χ0) is 57.6. The highest BCUT2D eigenvalue weighted by molar-refractivity contribution is 7.10. The van der Waals surface area contributed by atoms with Gasteiger partial charge in [-0.1, -0.05) is 31.4 Å². The normalized spacial score (nSPS) is 29.0. The molecule has 2 amide bonds. The molecular formula is C66H88N12O4S. The number of likely N-dealkylation sites (tertiary alicyclic amines) is 2. The van der Waals surface area contributed by atoms with Gasteiger partial charge in [0, 0.05) is 99.1 Å². The summed E-state index contributed by atoms with van der Waals surface area (Å²) in [5.74, 6) is 2.26. The molecule has 3 aromatic heterocycles. The molecule has 9 atom stereocenters. The molecule has 0 saturated carbocycles. The van der Waals surface area contributed by atoms with Crippen molar-refractivity contribution >= 4 is 47.7 Å². The summed E-state index contributed by atoms with van der Waals surface area (Å²) in [6, 6.07) is 10.9. The predicted octanol–water partition coefficient (Wildman–Crippen LogP) is 8.36. The summed E-state index contributed by atoms with van der Waals surface area (Å²) in [5, 5.41) is 2.26. The van der Waals surface area contributed by atoms with E-state index in [-0.39, 0.29) is 52.9 Å². The number of hydrogen-bond acceptors (Lipinski definition) is 15. The largest absolute Gasteiger partial charge is 0.462 e. The summed E-state index contributed by atoms with van der Waals surface area (Å²) in [6.07, 6.45) is 22.0. The number of benzene rings is 1. The van der Waals surface area contributed by atoms with E-state index in [4.69, 9.17) is 29.4 Å². The van der Waals surface area contributed by atoms with E-state index in [2.05, 4.69) is 107 Å². The molecule has 4 saturated heterocycles. The molecule has 4 aromatic rings. The van der Waals surface area contributed by atoms with Gasteiger partial charge in [-0.2, -0.15) is 19.9 Å². The maximum absolute atomic E-state index is 13.2. The van der Waals surface area contributed by atoms with E-state index in [1.54, 1.807) is 17.5 Å². The first kappa shape index (κ1) is 57.4.